The molecule has 2 aromatic rings. The van der Waals surface area contributed by atoms with E-state index in [0.29, 0.717) is 49.5 Å². The van der Waals surface area contributed by atoms with Gasteiger partial charge in [0.15, 0.2) is 5.76 Å². The monoisotopic (exact) mass is 383 g/mol. The molecule has 3 amide bonds. The van der Waals surface area contributed by atoms with Gasteiger partial charge in [-0.3, -0.25) is 14.4 Å². The van der Waals surface area contributed by atoms with E-state index in [4.69, 9.17) is 4.42 Å². The van der Waals surface area contributed by atoms with E-state index in [1.165, 1.54) is 6.26 Å². The molecule has 28 heavy (non-hydrogen) atoms. The van der Waals surface area contributed by atoms with Crippen LogP contribution in [0.2, 0.25) is 0 Å². The SMILES string of the molecule is CCC(=O)Nc1ccc(C)c(NC(=O)C2CCN(C(=O)c3ccco3)CC2)c1. The number of piperidine rings is 1. The second-order valence-electron chi connectivity index (χ2n) is 6.96. The lowest BCUT2D eigenvalue weighted by Crippen LogP contribution is -2.41. The molecule has 1 aromatic heterocycles. The van der Waals surface area contributed by atoms with Crippen LogP contribution in [0.5, 0.6) is 0 Å². The summed E-state index contributed by atoms with van der Waals surface area (Å²) in [6.07, 6.45) is 3.07. The van der Waals surface area contributed by atoms with Gasteiger partial charge >= 0.3 is 0 Å². The molecule has 3 rings (SSSR count). The summed E-state index contributed by atoms with van der Waals surface area (Å²) in [6, 6.07) is 8.79. The second kappa shape index (κ2) is 8.73. The standard InChI is InChI=1S/C21H25N3O4/c1-3-19(25)22-16-7-6-14(2)17(13-16)23-20(26)15-8-10-24(11-9-15)21(27)18-5-4-12-28-18/h4-7,12-13,15H,3,8-11H2,1-2H3,(H,22,25)(H,23,26). The van der Waals surface area contributed by atoms with Crippen molar-refractivity contribution in [1.29, 1.82) is 0 Å². The normalized spacial score (nSPS) is 14.6. The summed E-state index contributed by atoms with van der Waals surface area (Å²) in [5, 5.41) is 5.77. The number of nitrogens with zero attached hydrogens (tertiary/aromatic N) is 1. The Balaban J connectivity index is 1.58. The average Bonchev–Trinajstić information content (AvgIpc) is 3.24. The number of furan rings is 1. The van der Waals surface area contributed by atoms with Crippen LogP contribution in [-0.4, -0.2) is 35.7 Å². The molecule has 0 aliphatic carbocycles. The van der Waals surface area contributed by atoms with Crippen LogP contribution >= 0.6 is 0 Å². The quantitative estimate of drug-likeness (QED) is 0.827. The number of amides is 3. The first kappa shape index (κ1) is 19.7. The highest BCUT2D eigenvalue weighted by molar-refractivity contribution is 5.96. The lowest BCUT2D eigenvalue weighted by molar-refractivity contribution is -0.121. The molecule has 0 atom stereocenters. The van der Waals surface area contributed by atoms with Crippen molar-refractivity contribution in [2.75, 3.05) is 23.7 Å². The smallest absolute Gasteiger partial charge is 0.289 e. The summed E-state index contributed by atoms with van der Waals surface area (Å²) in [7, 11) is 0. The lowest BCUT2D eigenvalue weighted by Gasteiger charge is -2.30. The van der Waals surface area contributed by atoms with Gasteiger partial charge in [0.2, 0.25) is 11.8 Å². The molecule has 0 radical (unpaired) electrons. The third-order valence-corrected chi connectivity index (χ3v) is 4.99. The number of anilines is 2. The number of carbonyl (C=O) groups is 3. The fourth-order valence-electron chi connectivity index (χ4n) is 3.22. The third kappa shape index (κ3) is 4.60. The Morgan fingerprint density at radius 1 is 1.14 bits per heavy atom. The molecule has 0 bridgehead atoms. The number of hydrogen-bond donors (Lipinski definition) is 2. The first-order valence-electron chi connectivity index (χ1n) is 9.52. The van der Waals surface area contributed by atoms with Gasteiger partial charge in [-0.05, 0) is 49.6 Å². The predicted octanol–water partition coefficient (Wildman–Crippen LogP) is 3.43. The zero-order chi connectivity index (χ0) is 20.1. The van der Waals surface area contributed by atoms with Crippen LogP contribution < -0.4 is 10.6 Å². The van der Waals surface area contributed by atoms with E-state index in [9.17, 15) is 14.4 Å². The largest absolute Gasteiger partial charge is 0.459 e. The zero-order valence-electron chi connectivity index (χ0n) is 16.2. The number of benzene rings is 1. The van der Waals surface area contributed by atoms with Crippen molar-refractivity contribution in [3.8, 4) is 0 Å². The van der Waals surface area contributed by atoms with Crippen LogP contribution in [0.15, 0.2) is 41.0 Å². The number of nitrogens with one attached hydrogen (secondary N) is 2. The topological polar surface area (TPSA) is 91.7 Å². The Hall–Kier alpha value is -3.09. The fourth-order valence-corrected chi connectivity index (χ4v) is 3.22. The van der Waals surface area contributed by atoms with E-state index in [1.54, 1.807) is 30.0 Å². The maximum Gasteiger partial charge on any atom is 0.289 e. The van der Waals surface area contributed by atoms with Gasteiger partial charge in [0, 0.05) is 36.8 Å². The molecule has 1 aliphatic heterocycles. The van der Waals surface area contributed by atoms with Crippen molar-refractivity contribution < 1.29 is 18.8 Å². The highest BCUT2D eigenvalue weighted by Crippen LogP contribution is 2.24. The molecule has 7 heteroatoms. The third-order valence-electron chi connectivity index (χ3n) is 4.99. The van der Waals surface area contributed by atoms with Crippen molar-refractivity contribution in [1.82, 2.24) is 4.90 Å². The molecule has 1 aliphatic rings. The molecule has 1 fully saturated rings. The number of rotatable bonds is 5. The van der Waals surface area contributed by atoms with Gasteiger partial charge in [-0.25, -0.2) is 0 Å². The summed E-state index contributed by atoms with van der Waals surface area (Å²) >= 11 is 0. The molecular weight excluding hydrogens is 358 g/mol. The molecule has 148 valence electrons. The van der Waals surface area contributed by atoms with Gasteiger partial charge in [-0.1, -0.05) is 13.0 Å². The summed E-state index contributed by atoms with van der Waals surface area (Å²) in [6.45, 7) is 4.73. The number of carbonyl (C=O) groups excluding carboxylic acids is 3. The van der Waals surface area contributed by atoms with Gasteiger partial charge in [-0.15, -0.1) is 0 Å². The first-order chi connectivity index (χ1) is 13.5. The Bertz CT molecular complexity index is 853. The van der Waals surface area contributed by atoms with Crippen LogP contribution in [0.25, 0.3) is 0 Å². The van der Waals surface area contributed by atoms with Gasteiger partial charge < -0.3 is 20.0 Å². The molecule has 0 saturated carbocycles. The van der Waals surface area contributed by atoms with Crippen molar-refractivity contribution >= 4 is 29.1 Å². The number of hydrogen-bond acceptors (Lipinski definition) is 4. The van der Waals surface area contributed by atoms with Crippen molar-refractivity contribution in [3.05, 3.63) is 47.9 Å². The Morgan fingerprint density at radius 3 is 2.54 bits per heavy atom. The first-order valence-corrected chi connectivity index (χ1v) is 9.52. The Morgan fingerprint density at radius 2 is 1.89 bits per heavy atom. The van der Waals surface area contributed by atoms with Crippen molar-refractivity contribution in [2.45, 2.75) is 33.1 Å². The molecule has 0 unspecified atom stereocenters. The predicted molar refractivity (Wildman–Crippen MR) is 106 cm³/mol. The van der Waals surface area contributed by atoms with Gasteiger partial charge in [0.1, 0.15) is 0 Å². The Labute approximate surface area is 164 Å². The number of aryl methyl sites for hydroxylation is 1. The van der Waals surface area contributed by atoms with E-state index in [2.05, 4.69) is 10.6 Å². The fraction of sp³-hybridized carbons (Fsp3) is 0.381. The second-order valence-corrected chi connectivity index (χ2v) is 6.96. The lowest BCUT2D eigenvalue weighted by atomic mass is 9.95. The maximum atomic E-state index is 12.7. The van der Waals surface area contributed by atoms with Crippen LogP contribution in [-0.2, 0) is 9.59 Å². The van der Waals surface area contributed by atoms with E-state index in [1.807, 2.05) is 19.1 Å². The van der Waals surface area contributed by atoms with Gasteiger partial charge in [0.05, 0.1) is 6.26 Å². The van der Waals surface area contributed by atoms with Crippen LogP contribution in [0.1, 0.15) is 42.3 Å². The van der Waals surface area contributed by atoms with E-state index < -0.39 is 0 Å². The molecule has 1 aromatic carbocycles. The van der Waals surface area contributed by atoms with E-state index in [0.717, 1.165) is 5.56 Å². The highest BCUT2D eigenvalue weighted by atomic mass is 16.3. The molecular formula is C21H25N3O4. The minimum Gasteiger partial charge on any atom is -0.459 e. The van der Waals surface area contributed by atoms with Crippen LogP contribution in [0, 0.1) is 12.8 Å². The van der Waals surface area contributed by atoms with Gasteiger partial charge in [-0.2, -0.15) is 0 Å². The van der Waals surface area contributed by atoms with Crippen molar-refractivity contribution in [2.24, 2.45) is 5.92 Å². The van der Waals surface area contributed by atoms with Crippen LogP contribution in [0.3, 0.4) is 0 Å². The number of likely N-dealkylation sites (tertiary alicyclic amines) is 1. The summed E-state index contributed by atoms with van der Waals surface area (Å²) < 4.78 is 5.16. The minimum atomic E-state index is -0.158. The highest BCUT2D eigenvalue weighted by Gasteiger charge is 2.29. The Kier molecular flexibility index (Phi) is 6.13. The average molecular weight is 383 g/mol. The zero-order valence-corrected chi connectivity index (χ0v) is 16.2. The molecule has 0 spiro atoms. The maximum absolute atomic E-state index is 12.7. The molecule has 1 saturated heterocycles. The molecule has 2 N–H and O–H groups in total. The van der Waals surface area contributed by atoms with Crippen LogP contribution in [0.4, 0.5) is 11.4 Å². The van der Waals surface area contributed by atoms with Crippen molar-refractivity contribution in [3.63, 3.8) is 0 Å². The summed E-state index contributed by atoms with van der Waals surface area (Å²) in [4.78, 5) is 38.3. The van der Waals surface area contributed by atoms with E-state index >= 15 is 0 Å². The minimum absolute atomic E-state index is 0.0628. The van der Waals surface area contributed by atoms with Gasteiger partial charge in [0.25, 0.3) is 5.91 Å². The van der Waals surface area contributed by atoms with E-state index in [-0.39, 0.29) is 23.6 Å². The summed E-state index contributed by atoms with van der Waals surface area (Å²) in [5.41, 5.74) is 2.27. The molecule has 7 nitrogen and oxygen atoms in total. The summed E-state index contributed by atoms with van der Waals surface area (Å²) in [5.74, 6) is -0.112. The molecule has 2 heterocycles.